The fourth-order valence-electron chi connectivity index (χ4n) is 2.10. The molecule has 1 rings (SSSR count). The van der Waals surface area contributed by atoms with Gasteiger partial charge in [-0.25, -0.2) is 9.59 Å². The first kappa shape index (κ1) is 22.5. The third kappa shape index (κ3) is 9.65. The highest BCUT2D eigenvalue weighted by Crippen LogP contribution is 2.18. The summed E-state index contributed by atoms with van der Waals surface area (Å²) in [4.78, 5) is 22.8. The lowest BCUT2D eigenvalue weighted by molar-refractivity contribution is -0.132. The third-order valence-corrected chi connectivity index (χ3v) is 3.32. The van der Waals surface area contributed by atoms with E-state index in [9.17, 15) is 9.59 Å². The van der Waals surface area contributed by atoms with Crippen LogP contribution in [-0.4, -0.2) is 42.6 Å². The molecule has 0 spiro atoms. The number of carbonyl (C=O) groups excluding carboxylic acids is 1. The average Bonchev–Trinajstić information content (AvgIpc) is 2.56. The Bertz CT molecular complexity index is 645. The largest absolute Gasteiger partial charge is 0.493 e. The predicted molar refractivity (Wildman–Crippen MR) is 103 cm³/mol. The molecule has 0 saturated carbocycles. The highest BCUT2D eigenvalue weighted by atomic mass is 16.6. The minimum Gasteiger partial charge on any atom is -0.493 e. The molecule has 1 aromatic carbocycles. The molecule has 2 N–H and O–H groups in total. The summed E-state index contributed by atoms with van der Waals surface area (Å²) in [6, 6.07) is 6.85. The van der Waals surface area contributed by atoms with Crippen LogP contribution in [0.3, 0.4) is 0 Å². The van der Waals surface area contributed by atoms with Gasteiger partial charge in [-0.15, -0.1) is 0 Å². The lowest BCUT2D eigenvalue weighted by Gasteiger charge is -2.19. The maximum absolute atomic E-state index is 11.8. The van der Waals surface area contributed by atoms with Crippen molar-refractivity contribution in [2.45, 2.75) is 40.2 Å². The van der Waals surface area contributed by atoms with Gasteiger partial charge in [0.15, 0.2) is 0 Å². The Balaban J connectivity index is 2.63. The second kappa shape index (κ2) is 10.6. The Kier molecular flexibility index (Phi) is 8.81. The van der Waals surface area contributed by atoms with Crippen molar-refractivity contribution in [2.24, 2.45) is 5.92 Å². The van der Waals surface area contributed by atoms with Gasteiger partial charge in [-0.05, 0) is 58.9 Å². The third-order valence-electron chi connectivity index (χ3n) is 3.32. The van der Waals surface area contributed by atoms with Crippen molar-refractivity contribution in [2.75, 3.05) is 25.1 Å². The standard InChI is InChI=1S/C20H29NO6/c1-6-25-12-15(11-14(2)18(22)23)13-26-17-9-7-16(8-10-17)21-19(24)27-20(3,4)5/h7-11,15H,6,12-13H2,1-5H3,(H,21,24)(H,22,23). The number of anilines is 1. The molecule has 0 radical (unpaired) electrons. The molecule has 150 valence electrons. The lowest BCUT2D eigenvalue weighted by Crippen LogP contribution is -2.27. The number of aliphatic carboxylic acids is 1. The molecule has 7 heteroatoms. The maximum atomic E-state index is 11.8. The summed E-state index contributed by atoms with van der Waals surface area (Å²) in [5.41, 5.74) is 0.272. The van der Waals surface area contributed by atoms with E-state index in [0.29, 0.717) is 24.7 Å². The van der Waals surface area contributed by atoms with E-state index in [4.69, 9.17) is 19.3 Å². The summed E-state index contributed by atoms with van der Waals surface area (Å²) in [5.74, 6) is -0.540. The zero-order chi connectivity index (χ0) is 20.4. The van der Waals surface area contributed by atoms with Crippen molar-refractivity contribution in [3.05, 3.63) is 35.9 Å². The molecule has 7 nitrogen and oxygen atoms in total. The molecule has 0 saturated heterocycles. The number of carboxylic acid groups (broad SMARTS) is 1. The van der Waals surface area contributed by atoms with Crippen molar-refractivity contribution < 1.29 is 28.9 Å². The van der Waals surface area contributed by atoms with Crippen LogP contribution >= 0.6 is 0 Å². The van der Waals surface area contributed by atoms with Crippen molar-refractivity contribution in [1.82, 2.24) is 0 Å². The van der Waals surface area contributed by atoms with E-state index in [1.807, 2.05) is 6.92 Å². The fourth-order valence-corrected chi connectivity index (χ4v) is 2.10. The zero-order valence-electron chi connectivity index (χ0n) is 16.6. The van der Waals surface area contributed by atoms with Gasteiger partial charge in [0.25, 0.3) is 0 Å². The summed E-state index contributed by atoms with van der Waals surface area (Å²) in [5, 5.41) is 11.7. The van der Waals surface area contributed by atoms with Gasteiger partial charge in [0, 0.05) is 23.8 Å². The molecule has 27 heavy (non-hydrogen) atoms. The van der Waals surface area contributed by atoms with Crippen LogP contribution in [0.1, 0.15) is 34.6 Å². The van der Waals surface area contributed by atoms with Gasteiger partial charge in [-0.3, -0.25) is 5.32 Å². The van der Waals surface area contributed by atoms with Crippen LogP contribution in [0.15, 0.2) is 35.9 Å². The van der Waals surface area contributed by atoms with Gasteiger partial charge >= 0.3 is 12.1 Å². The smallest absolute Gasteiger partial charge is 0.412 e. The number of carbonyl (C=O) groups is 2. The Hall–Kier alpha value is -2.54. The van der Waals surface area contributed by atoms with Crippen LogP contribution in [0.2, 0.25) is 0 Å². The Labute approximate surface area is 160 Å². The molecule has 1 atom stereocenters. The Morgan fingerprint density at radius 1 is 1.19 bits per heavy atom. The van der Waals surface area contributed by atoms with Crippen LogP contribution in [0, 0.1) is 5.92 Å². The molecule has 0 bridgehead atoms. The van der Waals surface area contributed by atoms with E-state index in [2.05, 4.69) is 5.32 Å². The van der Waals surface area contributed by atoms with Gasteiger partial charge in [0.1, 0.15) is 11.4 Å². The first-order valence-corrected chi connectivity index (χ1v) is 8.83. The van der Waals surface area contributed by atoms with Crippen molar-refractivity contribution in [3.8, 4) is 5.75 Å². The van der Waals surface area contributed by atoms with E-state index < -0.39 is 17.7 Å². The molecule has 1 aromatic rings. The second-order valence-corrected chi connectivity index (χ2v) is 7.04. The van der Waals surface area contributed by atoms with Gasteiger partial charge in [-0.1, -0.05) is 6.08 Å². The van der Waals surface area contributed by atoms with Gasteiger partial charge in [0.2, 0.25) is 0 Å². The maximum Gasteiger partial charge on any atom is 0.412 e. The van der Waals surface area contributed by atoms with Crippen LogP contribution in [-0.2, 0) is 14.3 Å². The van der Waals surface area contributed by atoms with Crippen LogP contribution in [0.5, 0.6) is 5.75 Å². The number of benzene rings is 1. The molecule has 0 aliphatic heterocycles. The van der Waals surface area contributed by atoms with E-state index in [0.717, 1.165) is 0 Å². The fraction of sp³-hybridized carbons (Fsp3) is 0.500. The molecular formula is C20H29NO6. The molecule has 1 unspecified atom stereocenters. The summed E-state index contributed by atoms with van der Waals surface area (Å²) < 4.78 is 16.3. The summed E-state index contributed by atoms with van der Waals surface area (Å²) in [6.07, 6.45) is 1.11. The molecule has 0 heterocycles. The average molecular weight is 379 g/mol. The Morgan fingerprint density at radius 3 is 2.33 bits per heavy atom. The molecule has 0 fully saturated rings. The van der Waals surface area contributed by atoms with Gasteiger partial charge in [-0.2, -0.15) is 0 Å². The topological polar surface area (TPSA) is 94.1 Å². The van der Waals surface area contributed by atoms with Crippen molar-refractivity contribution >= 4 is 17.7 Å². The van der Waals surface area contributed by atoms with Crippen LogP contribution in [0.4, 0.5) is 10.5 Å². The Morgan fingerprint density at radius 2 is 1.81 bits per heavy atom. The molecule has 0 aromatic heterocycles. The number of hydrogen-bond acceptors (Lipinski definition) is 5. The summed E-state index contributed by atoms with van der Waals surface area (Å²) in [6.45, 7) is 10.00. The van der Waals surface area contributed by atoms with E-state index in [1.54, 1.807) is 58.0 Å². The van der Waals surface area contributed by atoms with E-state index >= 15 is 0 Å². The lowest BCUT2D eigenvalue weighted by atomic mass is 10.1. The highest BCUT2D eigenvalue weighted by molar-refractivity contribution is 5.86. The number of nitrogens with one attached hydrogen (secondary N) is 1. The quantitative estimate of drug-likeness (QED) is 0.628. The number of carboxylic acids is 1. The van der Waals surface area contributed by atoms with E-state index in [1.165, 1.54) is 0 Å². The monoisotopic (exact) mass is 379 g/mol. The molecular weight excluding hydrogens is 350 g/mol. The van der Waals surface area contributed by atoms with Gasteiger partial charge in [0.05, 0.1) is 13.2 Å². The number of rotatable bonds is 9. The summed E-state index contributed by atoms with van der Waals surface area (Å²) in [7, 11) is 0. The SMILES string of the molecule is CCOCC(C=C(C)C(=O)O)COc1ccc(NC(=O)OC(C)(C)C)cc1. The minimum atomic E-state index is -0.964. The van der Waals surface area contributed by atoms with Crippen LogP contribution in [0.25, 0.3) is 0 Å². The van der Waals surface area contributed by atoms with Gasteiger partial charge < -0.3 is 19.3 Å². The molecule has 0 aliphatic carbocycles. The predicted octanol–water partition coefficient (Wildman–Crippen LogP) is 4.10. The minimum absolute atomic E-state index is 0.180. The normalized spacial score (nSPS) is 13.0. The first-order valence-electron chi connectivity index (χ1n) is 8.83. The number of hydrogen-bond donors (Lipinski definition) is 2. The second-order valence-electron chi connectivity index (χ2n) is 7.04. The molecule has 0 aliphatic rings. The van der Waals surface area contributed by atoms with E-state index in [-0.39, 0.29) is 18.1 Å². The molecule has 1 amide bonds. The number of ether oxygens (including phenoxy) is 3. The van der Waals surface area contributed by atoms with Crippen LogP contribution < -0.4 is 10.1 Å². The summed E-state index contributed by atoms with van der Waals surface area (Å²) >= 11 is 0. The zero-order valence-corrected chi connectivity index (χ0v) is 16.6. The van der Waals surface area contributed by atoms with Crippen molar-refractivity contribution in [3.63, 3.8) is 0 Å². The van der Waals surface area contributed by atoms with Crippen molar-refractivity contribution in [1.29, 1.82) is 0 Å². The number of amides is 1. The highest BCUT2D eigenvalue weighted by Gasteiger charge is 2.16. The first-order chi connectivity index (χ1) is 12.6.